The molecule has 0 radical (unpaired) electrons. The summed E-state index contributed by atoms with van der Waals surface area (Å²) in [6.45, 7) is 0. The Morgan fingerprint density at radius 2 is 2.17 bits per heavy atom. The molecule has 0 saturated carbocycles. The summed E-state index contributed by atoms with van der Waals surface area (Å²) in [5.41, 5.74) is 0.624. The number of alkyl halides is 1. The normalized spacial score (nSPS) is 10.2. The summed E-state index contributed by atoms with van der Waals surface area (Å²) in [4.78, 5) is 0. The van der Waals surface area contributed by atoms with Crippen LogP contribution in [0, 0.1) is 5.82 Å². The fraction of sp³-hybridized carbons (Fsp3) is 0.333. The Kier molecular flexibility index (Phi) is 4.02. The molecule has 0 aliphatic carbocycles. The predicted molar refractivity (Wildman–Crippen MR) is 53.5 cm³/mol. The minimum atomic E-state index is -0.205. The Morgan fingerprint density at radius 1 is 1.42 bits per heavy atom. The van der Waals surface area contributed by atoms with Gasteiger partial charge in [0.15, 0.2) is 0 Å². The maximum absolute atomic E-state index is 13.1. The smallest absolute Gasteiger partial charge is 0.127 e. The van der Waals surface area contributed by atoms with Gasteiger partial charge in [-0.25, -0.2) is 4.39 Å². The highest BCUT2D eigenvalue weighted by Crippen LogP contribution is 2.20. The van der Waals surface area contributed by atoms with Crippen LogP contribution in [0.3, 0.4) is 0 Å². The average Bonchev–Trinajstić information content (AvgIpc) is 2.04. The van der Waals surface area contributed by atoms with E-state index in [1.165, 1.54) is 6.07 Å². The third-order valence-corrected chi connectivity index (χ3v) is 2.54. The van der Waals surface area contributed by atoms with Gasteiger partial charge in [-0.15, -0.1) is 0 Å². The van der Waals surface area contributed by atoms with Crippen molar-refractivity contribution in [2.24, 2.45) is 0 Å². The first-order valence-electron chi connectivity index (χ1n) is 3.74. The van der Waals surface area contributed by atoms with E-state index in [1.807, 2.05) is 0 Å². The summed E-state index contributed by atoms with van der Waals surface area (Å²) in [5.74, 6) is -0.205. The second kappa shape index (κ2) is 4.83. The van der Waals surface area contributed by atoms with Crippen molar-refractivity contribution in [1.82, 2.24) is 0 Å². The molecule has 0 atom stereocenters. The Morgan fingerprint density at radius 3 is 2.75 bits per heavy atom. The van der Waals surface area contributed by atoms with E-state index in [-0.39, 0.29) is 5.82 Å². The molecule has 0 aromatic heterocycles. The van der Waals surface area contributed by atoms with Crippen LogP contribution in [0.2, 0.25) is 5.02 Å². The fourth-order valence-corrected chi connectivity index (χ4v) is 1.55. The SMILES string of the molecule is Fc1cccc(Cl)c1CCCBr. The second-order valence-corrected chi connectivity index (χ2v) is 3.69. The van der Waals surface area contributed by atoms with E-state index in [2.05, 4.69) is 15.9 Å². The largest absolute Gasteiger partial charge is 0.207 e. The van der Waals surface area contributed by atoms with Gasteiger partial charge in [0.05, 0.1) is 0 Å². The Hall–Kier alpha value is -0.0800. The molecule has 0 amide bonds. The molecular weight excluding hydrogens is 242 g/mol. The molecule has 0 spiro atoms. The molecule has 12 heavy (non-hydrogen) atoms. The highest BCUT2D eigenvalue weighted by Gasteiger charge is 2.04. The Bertz CT molecular complexity index is 242. The second-order valence-electron chi connectivity index (χ2n) is 2.49. The maximum atomic E-state index is 13.1. The summed E-state index contributed by atoms with van der Waals surface area (Å²) in [7, 11) is 0. The topological polar surface area (TPSA) is 0 Å². The lowest BCUT2D eigenvalue weighted by molar-refractivity contribution is 0.608. The van der Waals surface area contributed by atoms with E-state index >= 15 is 0 Å². The third-order valence-electron chi connectivity index (χ3n) is 1.62. The fourth-order valence-electron chi connectivity index (χ4n) is 1.01. The van der Waals surface area contributed by atoms with Gasteiger partial charge < -0.3 is 0 Å². The van der Waals surface area contributed by atoms with Gasteiger partial charge >= 0.3 is 0 Å². The Balaban J connectivity index is 2.81. The van der Waals surface area contributed by atoms with Crippen LogP contribution in [-0.2, 0) is 6.42 Å². The van der Waals surface area contributed by atoms with Crippen LogP contribution in [0.4, 0.5) is 4.39 Å². The van der Waals surface area contributed by atoms with Crippen molar-refractivity contribution >= 4 is 27.5 Å². The molecule has 0 nitrogen and oxygen atoms in total. The molecule has 0 bridgehead atoms. The van der Waals surface area contributed by atoms with Gasteiger partial charge in [-0.2, -0.15) is 0 Å². The lowest BCUT2D eigenvalue weighted by Crippen LogP contribution is -1.92. The minimum absolute atomic E-state index is 0.205. The minimum Gasteiger partial charge on any atom is -0.207 e. The first kappa shape index (κ1) is 10.0. The van der Waals surface area contributed by atoms with Crippen LogP contribution in [0.15, 0.2) is 18.2 Å². The van der Waals surface area contributed by atoms with Crippen molar-refractivity contribution in [2.75, 3.05) is 5.33 Å². The van der Waals surface area contributed by atoms with Crippen LogP contribution >= 0.6 is 27.5 Å². The summed E-state index contributed by atoms with van der Waals surface area (Å²) in [6, 6.07) is 4.78. The summed E-state index contributed by atoms with van der Waals surface area (Å²) < 4.78 is 13.1. The third kappa shape index (κ3) is 2.46. The van der Waals surface area contributed by atoms with E-state index in [4.69, 9.17) is 11.6 Å². The van der Waals surface area contributed by atoms with Gasteiger partial charge in [-0.3, -0.25) is 0 Å². The molecule has 0 N–H and O–H groups in total. The zero-order valence-corrected chi connectivity index (χ0v) is 8.83. The van der Waals surface area contributed by atoms with E-state index in [1.54, 1.807) is 12.1 Å². The number of hydrogen-bond acceptors (Lipinski definition) is 0. The molecule has 3 heteroatoms. The number of benzene rings is 1. The van der Waals surface area contributed by atoms with Crippen molar-refractivity contribution in [1.29, 1.82) is 0 Å². The molecule has 0 aliphatic heterocycles. The highest BCUT2D eigenvalue weighted by molar-refractivity contribution is 9.09. The molecule has 66 valence electrons. The van der Waals surface area contributed by atoms with E-state index in [9.17, 15) is 4.39 Å². The first-order chi connectivity index (χ1) is 5.75. The van der Waals surface area contributed by atoms with E-state index in [0.29, 0.717) is 17.0 Å². The zero-order chi connectivity index (χ0) is 8.97. The highest BCUT2D eigenvalue weighted by atomic mass is 79.9. The molecule has 0 aliphatic rings. The monoisotopic (exact) mass is 250 g/mol. The van der Waals surface area contributed by atoms with Crippen molar-refractivity contribution in [2.45, 2.75) is 12.8 Å². The van der Waals surface area contributed by atoms with Crippen LogP contribution < -0.4 is 0 Å². The number of hydrogen-bond donors (Lipinski definition) is 0. The Labute approximate surface area is 84.9 Å². The molecule has 0 unspecified atom stereocenters. The lowest BCUT2D eigenvalue weighted by Gasteiger charge is -2.03. The molecule has 0 heterocycles. The molecule has 0 fully saturated rings. The first-order valence-corrected chi connectivity index (χ1v) is 5.24. The lowest BCUT2D eigenvalue weighted by atomic mass is 10.1. The van der Waals surface area contributed by atoms with Crippen LogP contribution in [0.5, 0.6) is 0 Å². The molecule has 1 aromatic rings. The van der Waals surface area contributed by atoms with Crippen LogP contribution in [0.25, 0.3) is 0 Å². The summed E-state index contributed by atoms with van der Waals surface area (Å²) >= 11 is 9.10. The van der Waals surface area contributed by atoms with Crippen LogP contribution in [-0.4, -0.2) is 5.33 Å². The van der Waals surface area contributed by atoms with E-state index < -0.39 is 0 Å². The molecule has 1 aromatic carbocycles. The van der Waals surface area contributed by atoms with Gasteiger partial charge in [0, 0.05) is 15.9 Å². The maximum Gasteiger partial charge on any atom is 0.127 e. The summed E-state index contributed by atoms with van der Waals surface area (Å²) in [5, 5.41) is 1.40. The van der Waals surface area contributed by atoms with Gasteiger partial charge in [0.1, 0.15) is 5.82 Å². The van der Waals surface area contributed by atoms with Gasteiger partial charge in [0.2, 0.25) is 0 Å². The van der Waals surface area contributed by atoms with E-state index in [0.717, 1.165) is 11.8 Å². The quantitative estimate of drug-likeness (QED) is 0.717. The number of halogens is 3. The van der Waals surface area contributed by atoms with Gasteiger partial charge in [-0.1, -0.05) is 33.6 Å². The van der Waals surface area contributed by atoms with Crippen molar-refractivity contribution in [3.63, 3.8) is 0 Å². The molecule has 1 rings (SSSR count). The standard InChI is InChI=1S/C9H9BrClF/c10-6-2-3-7-8(11)4-1-5-9(7)12/h1,4-5H,2-3,6H2. The van der Waals surface area contributed by atoms with Crippen molar-refractivity contribution < 1.29 is 4.39 Å². The van der Waals surface area contributed by atoms with Crippen LogP contribution in [0.1, 0.15) is 12.0 Å². The molecular formula is C9H9BrClF. The van der Waals surface area contributed by atoms with Gasteiger partial charge in [0.25, 0.3) is 0 Å². The van der Waals surface area contributed by atoms with Gasteiger partial charge in [-0.05, 0) is 25.0 Å². The zero-order valence-electron chi connectivity index (χ0n) is 6.49. The predicted octanol–water partition coefficient (Wildman–Crippen LogP) is 3.81. The average molecular weight is 252 g/mol. The number of rotatable bonds is 3. The summed E-state index contributed by atoms with van der Waals surface area (Å²) in [6.07, 6.45) is 1.59. The van der Waals surface area contributed by atoms with Crippen molar-refractivity contribution in [3.05, 3.63) is 34.6 Å². The van der Waals surface area contributed by atoms with Crippen molar-refractivity contribution in [3.8, 4) is 0 Å². The molecule has 0 saturated heterocycles.